The maximum Gasteiger partial charge on any atom is 0.193 e. The van der Waals surface area contributed by atoms with Crippen molar-refractivity contribution in [1.29, 1.82) is 0 Å². The second kappa shape index (κ2) is 5.73. The van der Waals surface area contributed by atoms with Crippen molar-refractivity contribution in [3.8, 4) is 17.0 Å². The van der Waals surface area contributed by atoms with Crippen LogP contribution in [-0.4, -0.2) is 28.5 Å². The van der Waals surface area contributed by atoms with Gasteiger partial charge in [-0.1, -0.05) is 0 Å². The quantitative estimate of drug-likeness (QED) is 0.834. The van der Waals surface area contributed by atoms with Crippen LogP contribution in [0.1, 0.15) is 18.4 Å². The average Bonchev–Trinajstić information content (AvgIpc) is 2.69. The Hall–Kier alpha value is -2.08. The van der Waals surface area contributed by atoms with Crippen LogP contribution in [0.3, 0.4) is 0 Å². The van der Waals surface area contributed by atoms with Crippen LogP contribution < -0.4 is 15.8 Å². The van der Waals surface area contributed by atoms with Crippen LogP contribution in [0.4, 0.5) is 5.82 Å². The molecule has 3 N–H and O–H groups in total. The lowest BCUT2D eigenvalue weighted by molar-refractivity contribution is 0.415. The Labute approximate surface area is 129 Å². The predicted octanol–water partition coefficient (Wildman–Crippen LogP) is 2.40. The summed E-state index contributed by atoms with van der Waals surface area (Å²) in [5, 5.41) is 8.27. The lowest BCUT2D eigenvalue weighted by Crippen LogP contribution is -2.22. The minimum absolute atomic E-state index is 0.264. The molecule has 3 rings (SSSR count). The van der Waals surface area contributed by atoms with E-state index in [1.807, 2.05) is 24.3 Å². The maximum atomic E-state index is 5.80. The number of thiocarbonyl (C=S) groups is 1. The fraction of sp³-hybridized carbons (Fsp3) is 0.333. The number of aromatic nitrogens is 2. The maximum absolute atomic E-state index is 5.80. The lowest BCUT2D eigenvalue weighted by atomic mass is 10.0. The van der Waals surface area contributed by atoms with Gasteiger partial charge >= 0.3 is 0 Å². The Morgan fingerprint density at radius 2 is 2.10 bits per heavy atom. The van der Waals surface area contributed by atoms with Crippen LogP contribution in [0.15, 0.2) is 24.3 Å². The molecule has 21 heavy (non-hydrogen) atoms. The van der Waals surface area contributed by atoms with Crippen molar-refractivity contribution in [1.82, 2.24) is 9.78 Å². The summed E-state index contributed by atoms with van der Waals surface area (Å²) < 4.78 is 6.84. The van der Waals surface area contributed by atoms with Crippen molar-refractivity contribution in [2.24, 2.45) is 5.73 Å². The molecular formula is C15H18N4OS. The molecule has 1 aliphatic heterocycles. The van der Waals surface area contributed by atoms with Crippen molar-refractivity contribution in [3.63, 3.8) is 0 Å². The second-order valence-electron chi connectivity index (χ2n) is 5.04. The van der Waals surface area contributed by atoms with E-state index in [4.69, 9.17) is 22.7 Å². The van der Waals surface area contributed by atoms with Crippen LogP contribution in [0, 0.1) is 0 Å². The summed E-state index contributed by atoms with van der Waals surface area (Å²) in [5.41, 5.74) is 8.97. The normalized spacial score (nSPS) is 14.0. The average molecular weight is 302 g/mol. The molecule has 110 valence electrons. The Kier molecular flexibility index (Phi) is 3.79. The van der Waals surface area contributed by atoms with E-state index in [1.54, 1.807) is 11.8 Å². The number of fused-ring (bicyclic) bond motifs is 1. The standard InChI is InChI=1S/C15H18N4OS/c1-20-11-7-5-10(6-8-11)13-12-4-2-3-9-17-14(12)19(18-13)15(16)21/h5-8,17H,2-4,9H2,1H3,(H2,16,21). The fourth-order valence-corrected chi connectivity index (χ4v) is 2.77. The van der Waals surface area contributed by atoms with Crippen molar-refractivity contribution >= 4 is 23.1 Å². The van der Waals surface area contributed by atoms with Gasteiger partial charge < -0.3 is 15.8 Å². The summed E-state index contributed by atoms with van der Waals surface area (Å²) in [6, 6.07) is 7.89. The van der Waals surface area contributed by atoms with Gasteiger partial charge in [0.25, 0.3) is 0 Å². The third kappa shape index (κ3) is 2.58. The summed E-state index contributed by atoms with van der Waals surface area (Å²) in [4.78, 5) is 0. The Balaban J connectivity index is 2.10. The summed E-state index contributed by atoms with van der Waals surface area (Å²) in [5.74, 6) is 1.77. The molecule has 1 aromatic carbocycles. The van der Waals surface area contributed by atoms with E-state index in [9.17, 15) is 0 Å². The lowest BCUT2D eigenvalue weighted by Gasteiger charge is -2.06. The number of nitrogens with one attached hydrogen (secondary N) is 1. The highest BCUT2D eigenvalue weighted by Gasteiger charge is 2.21. The molecule has 5 nitrogen and oxygen atoms in total. The summed E-state index contributed by atoms with van der Waals surface area (Å²) in [7, 11) is 1.66. The Bertz CT molecular complexity index is 663. The van der Waals surface area contributed by atoms with Gasteiger partial charge in [0.2, 0.25) is 0 Å². The molecule has 0 aliphatic carbocycles. The van der Waals surface area contributed by atoms with E-state index < -0.39 is 0 Å². The first kappa shape index (κ1) is 13.9. The van der Waals surface area contributed by atoms with Crippen LogP contribution in [0.5, 0.6) is 5.75 Å². The number of nitrogens with two attached hydrogens (primary N) is 1. The molecule has 0 unspecified atom stereocenters. The van der Waals surface area contributed by atoms with Gasteiger partial charge in [0.1, 0.15) is 11.6 Å². The molecule has 2 heterocycles. The molecule has 0 radical (unpaired) electrons. The third-order valence-corrected chi connectivity index (χ3v) is 3.87. The van der Waals surface area contributed by atoms with Crippen LogP contribution in [0.2, 0.25) is 0 Å². The topological polar surface area (TPSA) is 65.1 Å². The molecule has 0 bridgehead atoms. The molecule has 0 atom stereocenters. The third-order valence-electron chi connectivity index (χ3n) is 3.70. The van der Waals surface area contributed by atoms with Crippen LogP contribution in [-0.2, 0) is 6.42 Å². The monoisotopic (exact) mass is 302 g/mol. The summed E-state index contributed by atoms with van der Waals surface area (Å²) >= 11 is 5.11. The summed E-state index contributed by atoms with van der Waals surface area (Å²) in [6.07, 6.45) is 3.24. The SMILES string of the molecule is COc1ccc(-c2nn(C(N)=S)c3c2CCCCN3)cc1. The van der Waals surface area contributed by atoms with Gasteiger partial charge in [0, 0.05) is 17.7 Å². The fourth-order valence-electron chi connectivity index (χ4n) is 2.64. The van der Waals surface area contributed by atoms with E-state index in [0.29, 0.717) is 0 Å². The predicted molar refractivity (Wildman–Crippen MR) is 87.8 cm³/mol. The number of ether oxygens (including phenoxy) is 1. The van der Waals surface area contributed by atoms with E-state index in [1.165, 1.54) is 5.56 Å². The number of hydrogen-bond acceptors (Lipinski definition) is 4. The number of methoxy groups -OCH3 is 1. The molecule has 0 saturated heterocycles. The molecule has 0 saturated carbocycles. The van der Waals surface area contributed by atoms with Gasteiger partial charge in [-0.15, -0.1) is 0 Å². The highest BCUT2D eigenvalue weighted by molar-refractivity contribution is 7.80. The van der Waals surface area contributed by atoms with Gasteiger partial charge in [0.15, 0.2) is 5.11 Å². The Morgan fingerprint density at radius 3 is 2.76 bits per heavy atom. The highest BCUT2D eigenvalue weighted by Crippen LogP contribution is 2.32. The molecule has 6 heteroatoms. The largest absolute Gasteiger partial charge is 0.497 e. The minimum Gasteiger partial charge on any atom is -0.497 e. The van der Waals surface area contributed by atoms with Gasteiger partial charge in [-0.2, -0.15) is 9.78 Å². The van der Waals surface area contributed by atoms with E-state index in [-0.39, 0.29) is 5.11 Å². The van der Waals surface area contributed by atoms with Gasteiger partial charge in [-0.05, 0) is 55.7 Å². The highest BCUT2D eigenvalue weighted by atomic mass is 32.1. The number of nitrogens with zero attached hydrogens (tertiary/aromatic N) is 2. The van der Waals surface area contributed by atoms with E-state index >= 15 is 0 Å². The molecule has 1 aliphatic rings. The molecule has 0 spiro atoms. The van der Waals surface area contributed by atoms with Crippen molar-refractivity contribution < 1.29 is 4.74 Å². The van der Waals surface area contributed by atoms with Crippen molar-refractivity contribution in [2.45, 2.75) is 19.3 Å². The molecule has 0 fully saturated rings. The summed E-state index contributed by atoms with van der Waals surface area (Å²) in [6.45, 7) is 0.920. The zero-order chi connectivity index (χ0) is 14.8. The van der Waals surface area contributed by atoms with E-state index in [2.05, 4.69) is 10.4 Å². The number of anilines is 1. The first-order valence-corrected chi connectivity index (χ1v) is 7.41. The number of benzene rings is 1. The van der Waals surface area contributed by atoms with Crippen molar-refractivity contribution in [3.05, 3.63) is 29.8 Å². The van der Waals surface area contributed by atoms with Gasteiger partial charge in [-0.3, -0.25) is 0 Å². The first-order chi connectivity index (χ1) is 10.2. The number of rotatable bonds is 2. The minimum atomic E-state index is 0.264. The van der Waals surface area contributed by atoms with Crippen molar-refractivity contribution in [2.75, 3.05) is 19.0 Å². The first-order valence-electron chi connectivity index (χ1n) is 7.00. The van der Waals surface area contributed by atoms with E-state index in [0.717, 1.165) is 48.6 Å². The number of hydrogen-bond donors (Lipinski definition) is 2. The van der Waals surface area contributed by atoms with Crippen LogP contribution >= 0.6 is 12.2 Å². The molecule has 0 amide bonds. The van der Waals surface area contributed by atoms with Gasteiger partial charge in [0.05, 0.1) is 12.8 Å². The second-order valence-corrected chi connectivity index (χ2v) is 5.46. The zero-order valence-electron chi connectivity index (χ0n) is 11.9. The Morgan fingerprint density at radius 1 is 1.33 bits per heavy atom. The molecule has 1 aromatic heterocycles. The van der Waals surface area contributed by atoms with Gasteiger partial charge in [-0.25, -0.2) is 0 Å². The zero-order valence-corrected chi connectivity index (χ0v) is 12.7. The molecular weight excluding hydrogens is 284 g/mol. The smallest absolute Gasteiger partial charge is 0.193 e. The molecule has 2 aromatic rings. The van der Waals surface area contributed by atoms with Crippen LogP contribution in [0.25, 0.3) is 11.3 Å².